The summed E-state index contributed by atoms with van der Waals surface area (Å²) in [4.78, 5) is 0. The highest BCUT2D eigenvalue weighted by molar-refractivity contribution is 5.99. The van der Waals surface area contributed by atoms with Crippen LogP contribution in [0, 0.1) is 11.6 Å². The third-order valence-electron chi connectivity index (χ3n) is 7.95. The standard InChI is InChI=1S/C34H50F2NO3.BrH/c1-3-4-5-6-7-10-13-16-32-29-18-20-33(39-2)34(40-24-15-12-9-8-11-14-23-38)30(29)21-22-37(32)26-27-25-28(35)17-19-31(27)36;/h17-20,25,38H,3-16,21-24,26H2,1-2H3;1H/q+1;/p-1. The van der Waals surface area contributed by atoms with Crippen LogP contribution in [0.3, 0.4) is 0 Å². The van der Waals surface area contributed by atoms with Gasteiger partial charge in [-0.05, 0) is 49.6 Å². The van der Waals surface area contributed by atoms with Gasteiger partial charge >= 0.3 is 0 Å². The van der Waals surface area contributed by atoms with E-state index >= 15 is 0 Å². The van der Waals surface area contributed by atoms with E-state index in [0.29, 0.717) is 18.7 Å². The summed E-state index contributed by atoms with van der Waals surface area (Å²) in [6.07, 6.45) is 16.6. The molecule has 0 bridgehead atoms. The topological polar surface area (TPSA) is 41.7 Å². The summed E-state index contributed by atoms with van der Waals surface area (Å²) >= 11 is 0. The lowest BCUT2D eigenvalue weighted by atomic mass is 9.91. The lowest BCUT2D eigenvalue weighted by molar-refractivity contribution is -0.546. The quantitative estimate of drug-likeness (QED) is 0.156. The molecule has 0 aromatic heterocycles. The third kappa shape index (κ3) is 11.3. The van der Waals surface area contributed by atoms with Crippen molar-refractivity contribution in [2.45, 2.75) is 110 Å². The normalized spacial score (nSPS) is 12.7. The maximum atomic E-state index is 14.6. The van der Waals surface area contributed by atoms with Crippen LogP contribution in [0.1, 0.15) is 114 Å². The zero-order valence-electron chi connectivity index (χ0n) is 25.2. The summed E-state index contributed by atoms with van der Waals surface area (Å²) in [5.41, 5.74) is 3.89. The van der Waals surface area contributed by atoms with Gasteiger partial charge in [-0.15, -0.1) is 0 Å². The first kappa shape index (κ1) is 35.2. The molecule has 0 aliphatic carbocycles. The maximum Gasteiger partial charge on any atom is 0.184 e. The first-order valence-electron chi connectivity index (χ1n) is 15.6. The number of hydrogen-bond acceptors (Lipinski definition) is 3. The number of rotatable bonds is 20. The van der Waals surface area contributed by atoms with E-state index in [9.17, 15) is 8.78 Å². The number of fused-ring (bicyclic) bond motifs is 1. The Bertz CT molecular complexity index is 1080. The number of methoxy groups -OCH3 is 1. The van der Waals surface area contributed by atoms with E-state index < -0.39 is 5.82 Å². The predicted molar refractivity (Wildman–Crippen MR) is 159 cm³/mol. The average Bonchev–Trinajstić information content (AvgIpc) is 2.96. The number of unbranched alkanes of at least 4 members (excludes halogenated alkanes) is 11. The van der Waals surface area contributed by atoms with E-state index in [1.54, 1.807) is 7.11 Å². The third-order valence-corrected chi connectivity index (χ3v) is 7.95. The number of benzene rings is 2. The Hall–Kier alpha value is -1.99. The van der Waals surface area contributed by atoms with Gasteiger partial charge in [-0.25, -0.2) is 13.4 Å². The second kappa shape index (κ2) is 20.0. The smallest absolute Gasteiger partial charge is 0.184 e. The minimum Gasteiger partial charge on any atom is -1.00 e. The summed E-state index contributed by atoms with van der Waals surface area (Å²) in [7, 11) is 1.68. The molecule has 3 rings (SSSR count). The van der Waals surface area contributed by atoms with Crippen LogP contribution in [-0.2, 0) is 13.0 Å². The fourth-order valence-corrected chi connectivity index (χ4v) is 5.68. The molecule has 0 saturated carbocycles. The Morgan fingerprint density at radius 2 is 1.54 bits per heavy atom. The van der Waals surface area contributed by atoms with Gasteiger partial charge < -0.3 is 31.6 Å². The number of nitrogens with zero attached hydrogens (tertiary/aromatic N) is 1. The van der Waals surface area contributed by atoms with Crippen molar-refractivity contribution < 1.29 is 44.9 Å². The number of ether oxygens (including phenoxy) is 2. The highest BCUT2D eigenvalue weighted by Gasteiger charge is 2.30. The molecule has 1 heterocycles. The number of hydrogen-bond donors (Lipinski definition) is 1. The fraction of sp³-hybridized carbons (Fsp3) is 0.618. The molecule has 230 valence electrons. The number of aliphatic hydroxyl groups is 1. The second-order valence-electron chi connectivity index (χ2n) is 11.0. The van der Waals surface area contributed by atoms with Crippen molar-refractivity contribution in [3.05, 3.63) is 58.7 Å². The molecule has 7 heteroatoms. The zero-order chi connectivity index (χ0) is 28.6. The molecule has 0 spiro atoms. The van der Waals surface area contributed by atoms with Crippen molar-refractivity contribution in [1.82, 2.24) is 0 Å². The van der Waals surface area contributed by atoms with Crippen LogP contribution >= 0.6 is 0 Å². The molecule has 0 radical (unpaired) electrons. The Balaban J connectivity index is 0.00000588. The minimum absolute atomic E-state index is 0. The SMILES string of the molecule is CCCCCCCCCC1=[N+](Cc2cc(F)ccc2F)CCc2c1ccc(OC)c2OCCCCCCCCO.[Br-]. The zero-order valence-corrected chi connectivity index (χ0v) is 26.8. The Morgan fingerprint density at radius 3 is 2.24 bits per heavy atom. The number of aliphatic hydroxyl groups excluding tert-OH is 1. The molecule has 4 nitrogen and oxygen atoms in total. The highest BCUT2D eigenvalue weighted by Crippen LogP contribution is 2.37. The first-order valence-corrected chi connectivity index (χ1v) is 15.6. The maximum absolute atomic E-state index is 14.6. The van der Waals surface area contributed by atoms with Gasteiger partial charge in [-0.3, -0.25) is 0 Å². The van der Waals surface area contributed by atoms with E-state index in [2.05, 4.69) is 17.6 Å². The van der Waals surface area contributed by atoms with Crippen LogP contribution in [0.4, 0.5) is 8.78 Å². The molecule has 1 aliphatic rings. The van der Waals surface area contributed by atoms with Crippen LogP contribution < -0.4 is 26.5 Å². The average molecular weight is 639 g/mol. The second-order valence-corrected chi connectivity index (χ2v) is 11.0. The summed E-state index contributed by atoms with van der Waals surface area (Å²) < 4.78 is 42.9. The molecular weight excluding hydrogens is 588 g/mol. The Labute approximate surface area is 256 Å². The van der Waals surface area contributed by atoms with Crippen LogP contribution in [0.2, 0.25) is 0 Å². The Morgan fingerprint density at radius 1 is 0.854 bits per heavy atom. The monoisotopic (exact) mass is 637 g/mol. The van der Waals surface area contributed by atoms with Gasteiger partial charge in [0.15, 0.2) is 23.8 Å². The van der Waals surface area contributed by atoms with E-state index in [-0.39, 0.29) is 29.4 Å². The molecule has 0 saturated heterocycles. The van der Waals surface area contributed by atoms with E-state index in [1.165, 1.54) is 62.4 Å². The van der Waals surface area contributed by atoms with Gasteiger partial charge in [-0.2, -0.15) is 0 Å². The molecular formula is C34H50BrF2NO3. The molecule has 2 aromatic rings. The summed E-state index contributed by atoms with van der Waals surface area (Å²) in [6.45, 7) is 4.23. The molecule has 0 amide bonds. The van der Waals surface area contributed by atoms with Gasteiger partial charge in [0.25, 0.3) is 0 Å². The van der Waals surface area contributed by atoms with Crippen molar-refractivity contribution in [3.63, 3.8) is 0 Å². The van der Waals surface area contributed by atoms with E-state index in [1.807, 2.05) is 6.07 Å². The van der Waals surface area contributed by atoms with Gasteiger partial charge in [0.05, 0.1) is 19.3 Å². The van der Waals surface area contributed by atoms with Gasteiger partial charge in [0.1, 0.15) is 18.2 Å². The van der Waals surface area contributed by atoms with Crippen LogP contribution in [0.15, 0.2) is 30.3 Å². The van der Waals surface area contributed by atoms with Crippen molar-refractivity contribution in [2.75, 3.05) is 26.9 Å². The van der Waals surface area contributed by atoms with Crippen LogP contribution in [0.25, 0.3) is 0 Å². The van der Waals surface area contributed by atoms with Gasteiger partial charge in [-0.1, -0.05) is 71.1 Å². The van der Waals surface area contributed by atoms with Gasteiger partial charge in [0.2, 0.25) is 0 Å². The van der Waals surface area contributed by atoms with E-state index in [0.717, 1.165) is 87.0 Å². The van der Waals surface area contributed by atoms with Crippen molar-refractivity contribution >= 4 is 5.71 Å². The molecule has 1 N–H and O–H groups in total. The lowest BCUT2D eigenvalue weighted by Crippen LogP contribution is -3.00. The highest BCUT2D eigenvalue weighted by atomic mass is 79.9. The minimum atomic E-state index is -0.406. The van der Waals surface area contributed by atoms with E-state index in [4.69, 9.17) is 14.6 Å². The molecule has 0 unspecified atom stereocenters. The largest absolute Gasteiger partial charge is 1.00 e. The van der Waals surface area contributed by atoms with Crippen molar-refractivity contribution in [1.29, 1.82) is 0 Å². The van der Waals surface area contributed by atoms with Crippen molar-refractivity contribution in [2.24, 2.45) is 0 Å². The van der Waals surface area contributed by atoms with Crippen molar-refractivity contribution in [3.8, 4) is 11.5 Å². The number of halogens is 3. The summed E-state index contributed by atoms with van der Waals surface area (Å²) in [5, 5.41) is 8.94. The first-order chi connectivity index (χ1) is 19.6. The van der Waals surface area contributed by atoms with Crippen LogP contribution in [-0.4, -0.2) is 42.3 Å². The molecule has 0 atom stereocenters. The molecule has 0 fully saturated rings. The summed E-state index contributed by atoms with van der Waals surface area (Å²) in [5.74, 6) is 0.810. The lowest BCUT2D eigenvalue weighted by Gasteiger charge is -2.23. The molecule has 1 aliphatic heterocycles. The summed E-state index contributed by atoms with van der Waals surface area (Å²) in [6, 6.07) is 7.83. The Kier molecular flexibility index (Phi) is 17.2. The predicted octanol–water partition coefficient (Wildman–Crippen LogP) is 5.39. The van der Waals surface area contributed by atoms with Crippen LogP contribution in [0.5, 0.6) is 11.5 Å². The van der Waals surface area contributed by atoms with Gasteiger partial charge in [0, 0.05) is 30.6 Å². The molecule has 41 heavy (non-hydrogen) atoms. The molecule has 2 aromatic carbocycles. The fourth-order valence-electron chi connectivity index (χ4n) is 5.68.